The Morgan fingerprint density at radius 3 is 1.38 bits per heavy atom. The molecule has 2 heteroatoms. The fraction of sp³-hybridized carbons (Fsp3) is 1.00. The minimum atomic E-state index is -0.962. The lowest BCUT2D eigenvalue weighted by atomic mass is 10.3. The van der Waals surface area contributed by atoms with Gasteiger partial charge >= 0.3 is 0 Å². The van der Waals surface area contributed by atoms with E-state index in [1.165, 1.54) is 69.9 Å². The second-order valence-electron chi connectivity index (χ2n) is 5.00. The van der Waals surface area contributed by atoms with Gasteiger partial charge in [0.15, 0.2) is 0 Å². The Morgan fingerprint density at radius 1 is 0.625 bits per heavy atom. The van der Waals surface area contributed by atoms with Crippen LogP contribution in [0.2, 0.25) is 0 Å². The van der Waals surface area contributed by atoms with Gasteiger partial charge < -0.3 is 0 Å². The molecule has 98 valence electrons. The second kappa shape index (κ2) is 10.8. The van der Waals surface area contributed by atoms with E-state index in [9.17, 15) is 0 Å². The highest BCUT2D eigenvalue weighted by Crippen LogP contribution is 2.48. The molecule has 0 unspecified atom stereocenters. The van der Waals surface area contributed by atoms with Crippen LogP contribution in [0.5, 0.6) is 0 Å². The molecule has 0 fully saturated rings. The smallest absolute Gasteiger partial charge is 0.0235 e. The minimum Gasteiger partial charge on any atom is -0.0975 e. The number of unbranched alkanes of at least 4 members (excludes halogenated alkanes) is 5. The van der Waals surface area contributed by atoms with Crippen LogP contribution in [0.1, 0.15) is 72.1 Å². The third-order valence-electron chi connectivity index (χ3n) is 3.26. The zero-order valence-corrected chi connectivity index (χ0v) is 13.3. The summed E-state index contributed by atoms with van der Waals surface area (Å²) < 4.78 is 0. The summed E-state index contributed by atoms with van der Waals surface area (Å²) in [7, 11) is 0. The summed E-state index contributed by atoms with van der Waals surface area (Å²) in [4.78, 5) is 0. The summed E-state index contributed by atoms with van der Waals surface area (Å²) >= 11 is 6.01. The lowest BCUT2D eigenvalue weighted by Crippen LogP contribution is -2.00. The molecule has 0 saturated carbocycles. The Morgan fingerprint density at radius 2 is 1.00 bits per heavy atom. The molecule has 0 atom stereocenters. The lowest BCUT2D eigenvalue weighted by Gasteiger charge is -2.22. The van der Waals surface area contributed by atoms with Gasteiger partial charge in [-0.1, -0.05) is 64.7 Å². The van der Waals surface area contributed by atoms with Crippen LogP contribution in [0.25, 0.3) is 0 Å². The average molecular weight is 262 g/mol. The number of hydrogen-bond donors (Lipinski definition) is 0. The molecule has 0 aromatic rings. The Labute approximate surface area is 109 Å². The molecule has 0 N–H and O–H groups in total. The van der Waals surface area contributed by atoms with Crippen molar-refractivity contribution in [1.29, 1.82) is 0 Å². The van der Waals surface area contributed by atoms with Gasteiger partial charge in [-0.05, 0) is 43.8 Å². The summed E-state index contributed by atoms with van der Waals surface area (Å²) in [5, 5.41) is 0. The molecule has 0 aliphatic heterocycles. The molecule has 0 aliphatic rings. The molecule has 0 aromatic heterocycles. The zero-order valence-electron chi connectivity index (χ0n) is 11.6. The molecule has 0 heterocycles. The van der Waals surface area contributed by atoms with Gasteiger partial charge in [0, 0.05) is 0 Å². The van der Waals surface area contributed by atoms with Crippen LogP contribution in [-0.2, 0) is 11.8 Å². The third-order valence-corrected chi connectivity index (χ3v) is 8.29. The van der Waals surface area contributed by atoms with Crippen LogP contribution in [-0.4, -0.2) is 18.5 Å². The highest BCUT2D eigenvalue weighted by atomic mass is 32.4. The first kappa shape index (κ1) is 16.6. The molecule has 0 radical (unpaired) electrons. The minimum absolute atomic E-state index is 0.962. The van der Waals surface area contributed by atoms with E-state index in [2.05, 4.69) is 20.8 Å². The summed E-state index contributed by atoms with van der Waals surface area (Å²) in [6.45, 7) is 6.86. The summed E-state index contributed by atoms with van der Waals surface area (Å²) in [5.41, 5.74) is 0. The Hall–Kier alpha value is 0.650. The molecule has 0 spiro atoms. The van der Waals surface area contributed by atoms with Crippen molar-refractivity contribution >= 4 is 17.8 Å². The van der Waals surface area contributed by atoms with E-state index in [-0.39, 0.29) is 0 Å². The van der Waals surface area contributed by atoms with Gasteiger partial charge in [-0.25, -0.2) is 0 Å². The quantitative estimate of drug-likeness (QED) is 0.342. The van der Waals surface area contributed by atoms with Gasteiger partial charge in [-0.15, -0.1) is 0 Å². The van der Waals surface area contributed by atoms with E-state index in [4.69, 9.17) is 11.8 Å². The molecular formula is C14H31PS. The normalized spacial score (nSPS) is 11.9. The second-order valence-corrected chi connectivity index (χ2v) is 10.8. The maximum absolute atomic E-state index is 6.01. The molecular weight excluding hydrogens is 231 g/mol. The van der Waals surface area contributed by atoms with Gasteiger partial charge in [0.2, 0.25) is 0 Å². The molecule has 0 bridgehead atoms. The largest absolute Gasteiger partial charge is 0.0975 e. The van der Waals surface area contributed by atoms with Gasteiger partial charge in [0.05, 0.1) is 0 Å². The maximum Gasteiger partial charge on any atom is -0.0235 e. The van der Waals surface area contributed by atoms with Gasteiger partial charge in [0.25, 0.3) is 0 Å². The standard InChI is InChI=1S/C14H31PS/c1-4-7-10-13-15(16,12-9-6-3)14-11-8-5-2/h4-14H2,1-3H3. The molecule has 0 aliphatic carbocycles. The van der Waals surface area contributed by atoms with Crippen LogP contribution in [0.4, 0.5) is 0 Å². The van der Waals surface area contributed by atoms with Crippen molar-refractivity contribution in [3.05, 3.63) is 0 Å². The monoisotopic (exact) mass is 262 g/mol. The van der Waals surface area contributed by atoms with Crippen LogP contribution < -0.4 is 0 Å². The number of hydrogen-bond acceptors (Lipinski definition) is 1. The first-order valence-corrected chi connectivity index (χ1v) is 10.6. The average Bonchev–Trinajstić information content (AvgIpc) is 2.27. The highest BCUT2D eigenvalue weighted by Gasteiger charge is 2.15. The van der Waals surface area contributed by atoms with Crippen LogP contribution >= 0.6 is 6.04 Å². The van der Waals surface area contributed by atoms with E-state index >= 15 is 0 Å². The summed E-state index contributed by atoms with van der Waals surface area (Å²) in [5.74, 6) is 0. The molecule has 0 nitrogen and oxygen atoms in total. The molecule has 0 amide bonds. The molecule has 16 heavy (non-hydrogen) atoms. The van der Waals surface area contributed by atoms with Crippen LogP contribution in [0.15, 0.2) is 0 Å². The number of rotatable bonds is 11. The van der Waals surface area contributed by atoms with Crippen molar-refractivity contribution in [2.24, 2.45) is 0 Å². The first-order valence-electron chi connectivity index (χ1n) is 7.25. The topological polar surface area (TPSA) is 0 Å². The molecule has 0 saturated heterocycles. The van der Waals surface area contributed by atoms with Crippen molar-refractivity contribution < 1.29 is 0 Å². The molecule has 0 aromatic carbocycles. The van der Waals surface area contributed by atoms with Gasteiger partial charge in [-0.3, -0.25) is 0 Å². The van der Waals surface area contributed by atoms with E-state index < -0.39 is 6.04 Å². The van der Waals surface area contributed by atoms with Crippen molar-refractivity contribution in [3.63, 3.8) is 0 Å². The van der Waals surface area contributed by atoms with E-state index in [1.807, 2.05) is 0 Å². The lowest BCUT2D eigenvalue weighted by molar-refractivity contribution is 0.758. The Bertz CT molecular complexity index is 175. The van der Waals surface area contributed by atoms with Gasteiger partial charge in [-0.2, -0.15) is 0 Å². The predicted molar refractivity (Wildman–Crippen MR) is 82.8 cm³/mol. The fourth-order valence-corrected chi connectivity index (χ4v) is 6.41. The van der Waals surface area contributed by atoms with E-state index in [1.54, 1.807) is 0 Å². The summed E-state index contributed by atoms with van der Waals surface area (Å²) in [6, 6.07) is -0.962. The maximum atomic E-state index is 6.01. The van der Waals surface area contributed by atoms with Crippen LogP contribution in [0, 0.1) is 0 Å². The summed E-state index contributed by atoms with van der Waals surface area (Å²) in [6.07, 6.45) is 15.1. The molecule has 0 rings (SSSR count). The van der Waals surface area contributed by atoms with Gasteiger partial charge in [0.1, 0.15) is 0 Å². The highest BCUT2D eigenvalue weighted by molar-refractivity contribution is 8.14. The fourth-order valence-electron chi connectivity index (χ4n) is 2.08. The van der Waals surface area contributed by atoms with E-state index in [0.29, 0.717) is 0 Å². The Kier molecular flexibility index (Phi) is 11.2. The van der Waals surface area contributed by atoms with Crippen LogP contribution in [0.3, 0.4) is 0 Å². The first-order chi connectivity index (χ1) is 7.68. The SMILES string of the molecule is CCCCCP(=S)(CCCC)CCCCC. The van der Waals surface area contributed by atoms with Crippen molar-refractivity contribution in [3.8, 4) is 0 Å². The zero-order chi connectivity index (χ0) is 12.3. The van der Waals surface area contributed by atoms with Crippen molar-refractivity contribution in [1.82, 2.24) is 0 Å². The van der Waals surface area contributed by atoms with E-state index in [0.717, 1.165) is 0 Å². The third kappa shape index (κ3) is 8.76. The Balaban J connectivity index is 3.97. The van der Waals surface area contributed by atoms with Crippen molar-refractivity contribution in [2.75, 3.05) is 18.5 Å². The predicted octanol–water partition coefficient (Wildman–Crippen LogP) is 5.65. The van der Waals surface area contributed by atoms with Crippen molar-refractivity contribution in [2.45, 2.75) is 72.1 Å².